The molecule has 0 N–H and O–H groups in total. The molecule has 0 saturated heterocycles. The lowest BCUT2D eigenvalue weighted by Crippen LogP contribution is -1.91. The number of fused-ring (bicyclic) bond motifs is 1. The van der Waals surface area contributed by atoms with Crippen molar-refractivity contribution >= 4 is 30.7 Å². The fourth-order valence-electron chi connectivity index (χ4n) is 1.37. The van der Waals surface area contributed by atoms with E-state index in [9.17, 15) is 8.42 Å². The summed E-state index contributed by atoms with van der Waals surface area (Å²) in [6.45, 7) is 1.78. The maximum atomic E-state index is 11.1. The van der Waals surface area contributed by atoms with E-state index in [0.29, 0.717) is 5.58 Å². The average Bonchev–Trinajstić information content (AvgIpc) is 2.50. The summed E-state index contributed by atoms with van der Waals surface area (Å²) < 4.78 is 27.3. The third-order valence-corrected chi connectivity index (χ3v) is 3.33. The van der Waals surface area contributed by atoms with Crippen molar-refractivity contribution in [2.75, 3.05) is 0 Å². The van der Waals surface area contributed by atoms with Crippen LogP contribution in [0.15, 0.2) is 33.8 Å². The van der Waals surface area contributed by atoms with Crippen LogP contribution < -0.4 is 0 Å². The van der Waals surface area contributed by atoms with Crippen molar-refractivity contribution in [1.29, 1.82) is 0 Å². The second kappa shape index (κ2) is 3.00. The Kier molecular flexibility index (Phi) is 2.05. The fourth-order valence-corrected chi connectivity index (χ4v) is 2.22. The summed E-state index contributed by atoms with van der Waals surface area (Å²) in [4.78, 5) is 0.102. The van der Waals surface area contributed by atoms with Crippen LogP contribution in [0.5, 0.6) is 0 Å². The molecule has 0 aliphatic carbocycles. The van der Waals surface area contributed by atoms with Gasteiger partial charge in [-0.15, -0.1) is 0 Å². The molecule has 1 aromatic heterocycles. The maximum absolute atomic E-state index is 11.1. The molecular formula is C9H7ClO3S. The molecule has 1 aromatic carbocycles. The molecule has 14 heavy (non-hydrogen) atoms. The van der Waals surface area contributed by atoms with Crippen molar-refractivity contribution in [2.24, 2.45) is 0 Å². The number of hydrogen-bond donors (Lipinski definition) is 0. The van der Waals surface area contributed by atoms with Gasteiger partial charge < -0.3 is 4.42 Å². The third kappa shape index (κ3) is 1.51. The predicted molar refractivity (Wildman–Crippen MR) is 54.0 cm³/mol. The molecule has 0 bridgehead atoms. The fraction of sp³-hybridized carbons (Fsp3) is 0.111. The van der Waals surface area contributed by atoms with Gasteiger partial charge in [-0.25, -0.2) is 8.42 Å². The standard InChI is InChI=1S/C9H7ClO3S/c1-6-4-8(14(10,11)12)5-7-2-3-13-9(6)7/h2-5H,1H3. The van der Waals surface area contributed by atoms with Gasteiger partial charge in [0.05, 0.1) is 11.2 Å². The van der Waals surface area contributed by atoms with E-state index in [1.807, 2.05) is 0 Å². The van der Waals surface area contributed by atoms with Gasteiger partial charge in [-0.05, 0) is 30.7 Å². The summed E-state index contributed by atoms with van der Waals surface area (Å²) in [5.41, 5.74) is 1.45. The van der Waals surface area contributed by atoms with Crippen LogP contribution in [0, 0.1) is 6.92 Å². The number of hydrogen-bond acceptors (Lipinski definition) is 3. The maximum Gasteiger partial charge on any atom is 0.261 e. The minimum atomic E-state index is -3.66. The molecule has 0 unspecified atom stereocenters. The molecule has 0 fully saturated rings. The molecule has 74 valence electrons. The lowest BCUT2D eigenvalue weighted by atomic mass is 10.2. The second-order valence-corrected chi connectivity index (χ2v) is 5.58. The Hall–Kier alpha value is -1.00. The molecule has 2 rings (SSSR count). The van der Waals surface area contributed by atoms with Crippen molar-refractivity contribution < 1.29 is 12.8 Å². The van der Waals surface area contributed by atoms with Gasteiger partial charge in [-0.2, -0.15) is 0 Å². The molecule has 1 heterocycles. The highest BCUT2D eigenvalue weighted by Gasteiger charge is 2.13. The van der Waals surface area contributed by atoms with E-state index in [-0.39, 0.29) is 4.90 Å². The highest BCUT2D eigenvalue weighted by Crippen LogP contribution is 2.25. The third-order valence-electron chi connectivity index (χ3n) is 1.99. The second-order valence-electron chi connectivity index (χ2n) is 3.02. The quantitative estimate of drug-likeness (QED) is 0.708. The van der Waals surface area contributed by atoms with Gasteiger partial charge in [-0.3, -0.25) is 0 Å². The van der Waals surface area contributed by atoms with Crippen molar-refractivity contribution in [2.45, 2.75) is 11.8 Å². The van der Waals surface area contributed by atoms with Crippen LogP contribution in [0.25, 0.3) is 11.0 Å². The average molecular weight is 231 g/mol. The Morgan fingerprint density at radius 2 is 2.07 bits per heavy atom. The van der Waals surface area contributed by atoms with Crippen LogP contribution in [0.3, 0.4) is 0 Å². The summed E-state index contributed by atoms with van der Waals surface area (Å²) in [6, 6.07) is 4.69. The number of aryl methyl sites for hydroxylation is 1. The summed E-state index contributed by atoms with van der Waals surface area (Å²) >= 11 is 0. The monoisotopic (exact) mass is 230 g/mol. The van der Waals surface area contributed by atoms with Gasteiger partial charge >= 0.3 is 0 Å². The lowest BCUT2D eigenvalue weighted by molar-refractivity contribution is 0.608. The van der Waals surface area contributed by atoms with Gasteiger partial charge in [0.2, 0.25) is 0 Å². The zero-order valence-electron chi connectivity index (χ0n) is 7.32. The molecule has 0 spiro atoms. The number of furan rings is 1. The first-order chi connectivity index (χ1) is 6.48. The van der Waals surface area contributed by atoms with Gasteiger partial charge in [0.15, 0.2) is 0 Å². The SMILES string of the molecule is Cc1cc(S(=O)(=O)Cl)cc2ccoc12. The van der Waals surface area contributed by atoms with Crippen LogP contribution in [-0.4, -0.2) is 8.42 Å². The normalized spacial score (nSPS) is 12.1. The Balaban J connectivity index is 2.83. The first kappa shape index (κ1) is 9.55. The Bertz CT molecular complexity index is 583. The minimum Gasteiger partial charge on any atom is -0.464 e. The van der Waals surface area contributed by atoms with E-state index in [0.717, 1.165) is 10.9 Å². The summed E-state index contributed by atoms with van der Waals surface area (Å²) in [5.74, 6) is 0. The smallest absolute Gasteiger partial charge is 0.261 e. The van der Waals surface area contributed by atoms with Crippen molar-refractivity contribution in [3.05, 3.63) is 30.0 Å². The largest absolute Gasteiger partial charge is 0.464 e. The Labute approximate surface area is 85.7 Å². The lowest BCUT2D eigenvalue weighted by Gasteiger charge is -1.99. The molecule has 0 radical (unpaired) electrons. The van der Waals surface area contributed by atoms with Crippen molar-refractivity contribution in [1.82, 2.24) is 0 Å². The minimum absolute atomic E-state index is 0.102. The zero-order chi connectivity index (χ0) is 10.3. The van der Waals surface area contributed by atoms with Gasteiger partial charge in [0.25, 0.3) is 9.05 Å². The van der Waals surface area contributed by atoms with Gasteiger partial charge in [0, 0.05) is 16.1 Å². The number of halogens is 1. The van der Waals surface area contributed by atoms with Crippen LogP contribution in [-0.2, 0) is 9.05 Å². The molecule has 0 atom stereocenters. The van der Waals surface area contributed by atoms with Crippen LogP contribution in [0.1, 0.15) is 5.56 Å². The van der Waals surface area contributed by atoms with E-state index >= 15 is 0 Å². The number of benzene rings is 1. The molecule has 3 nitrogen and oxygen atoms in total. The predicted octanol–water partition coefficient (Wildman–Crippen LogP) is 2.67. The molecule has 2 aromatic rings. The molecule has 0 saturated carbocycles. The van der Waals surface area contributed by atoms with Crippen LogP contribution in [0.2, 0.25) is 0 Å². The summed E-state index contributed by atoms with van der Waals surface area (Å²) in [7, 11) is 1.58. The Morgan fingerprint density at radius 3 is 2.71 bits per heavy atom. The molecule has 0 aliphatic heterocycles. The van der Waals surface area contributed by atoms with E-state index in [4.69, 9.17) is 15.1 Å². The van der Waals surface area contributed by atoms with Gasteiger partial charge in [-0.1, -0.05) is 0 Å². The van der Waals surface area contributed by atoms with E-state index in [1.54, 1.807) is 13.0 Å². The topological polar surface area (TPSA) is 47.3 Å². The van der Waals surface area contributed by atoms with Gasteiger partial charge in [0.1, 0.15) is 5.58 Å². The summed E-state index contributed by atoms with van der Waals surface area (Å²) in [6.07, 6.45) is 1.52. The molecule has 0 amide bonds. The molecule has 0 aliphatic rings. The first-order valence-corrected chi connectivity index (χ1v) is 6.22. The van der Waals surface area contributed by atoms with Crippen LogP contribution in [0.4, 0.5) is 0 Å². The van der Waals surface area contributed by atoms with E-state index in [1.165, 1.54) is 18.4 Å². The number of rotatable bonds is 1. The van der Waals surface area contributed by atoms with E-state index < -0.39 is 9.05 Å². The highest BCUT2D eigenvalue weighted by atomic mass is 35.7. The zero-order valence-corrected chi connectivity index (χ0v) is 8.89. The van der Waals surface area contributed by atoms with Crippen LogP contribution >= 0.6 is 10.7 Å². The molecular weight excluding hydrogens is 224 g/mol. The summed E-state index contributed by atoms with van der Waals surface area (Å²) in [5, 5.41) is 0.740. The first-order valence-electron chi connectivity index (χ1n) is 3.91. The van der Waals surface area contributed by atoms with Crippen molar-refractivity contribution in [3.8, 4) is 0 Å². The highest BCUT2D eigenvalue weighted by molar-refractivity contribution is 8.13. The van der Waals surface area contributed by atoms with Crippen molar-refractivity contribution in [3.63, 3.8) is 0 Å². The molecule has 5 heteroatoms. The van der Waals surface area contributed by atoms with E-state index in [2.05, 4.69) is 0 Å². The Morgan fingerprint density at radius 1 is 1.36 bits per heavy atom.